The van der Waals surface area contributed by atoms with Crippen molar-refractivity contribution in [2.24, 2.45) is 0 Å². The summed E-state index contributed by atoms with van der Waals surface area (Å²) >= 11 is 1.09. The van der Waals surface area contributed by atoms with E-state index >= 15 is 0 Å². The first-order valence-corrected chi connectivity index (χ1v) is 10.9. The summed E-state index contributed by atoms with van der Waals surface area (Å²) in [6.07, 6.45) is 1.61. The van der Waals surface area contributed by atoms with Gasteiger partial charge in [-0.3, -0.25) is 4.79 Å². The molecule has 3 rings (SSSR count). The van der Waals surface area contributed by atoms with Crippen molar-refractivity contribution in [3.63, 3.8) is 0 Å². The molecule has 140 valence electrons. The lowest BCUT2D eigenvalue weighted by Crippen LogP contribution is -2.16. The van der Waals surface area contributed by atoms with Gasteiger partial charge in [0.05, 0.1) is 22.8 Å². The number of hydrogen-bond acceptors (Lipinski definition) is 7. The molecule has 2 aromatic carbocycles. The number of thioether (sulfide) groups is 1. The Kier molecular flexibility index (Phi) is 5.92. The van der Waals surface area contributed by atoms with Crippen LogP contribution in [0.4, 0.5) is 5.69 Å². The quantitative estimate of drug-likeness (QED) is 0.605. The Labute approximate surface area is 161 Å². The van der Waals surface area contributed by atoms with Crippen LogP contribution < -0.4 is 5.32 Å². The van der Waals surface area contributed by atoms with Gasteiger partial charge in [0.2, 0.25) is 11.8 Å². The van der Waals surface area contributed by atoms with E-state index in [1.165, 1.54) is 6.07 Å². The average Bonchev–Trinajstić information content (AvgIpc) is 3.08. The molecule has 0 atom stereocenters. The van der Waals surface area contributed by atoms with Crippen molar-refractivity contribution >= 4 is 33.2 Å². The Hall–Kier alpha value is -2.65. The minimum Gasteiger partial charge on any atom is -0.416 e. The molecule has 0 aliphatic carbocycles. The number of nitrogens with one attached hydrogen (secondary N) is 1. The van der Waals surface area contributed by atoms with Crippen molar-refractivity contribution < 1.29 is 17.6 Å². The molecule has 3 aromatic rings. The number of para-hydroxylation sites is 1. The maximum absolute atomic E-state index is 12.1. The van der Waals surface area contributed by atoms with Crippen LogP contribution in [0, 0.1) is 0 Å². The molecule has 1 heterocycles. The molecule has 0 fully saturated rings. The second-order valence-corrected chi connectivity index (χ2v) is 8.64. The number of carbonyl (C=O) groups is 1. The van der Waals surface area contributed by atoms with Gasteiger partial charge in [-0.15, -0.1) is 10.2 Å². The molecule has 9 heteroatoms. The highest BCUT2D eigenvalue weighted by Gasteiger charge is 2.15. The van der Waals surface area contributed by atoms with E-state index in [1.807, 2.05) is 30.3 Å². The highest BCUT2D eigenvalue weighted by molar-refractivity contribution is 7.99. The van der Waals surface area contributed by atoms with Gasteiger partial charge in [0.1, 0.15) is 0 Å². The smallest absolute Gasteiger partial charge is 0.277 e. The molecule has 0 aliphatic heterocycles. The Morgan fingerprint density at radius 1 is 1.07 bits per heavy atom. The molecule has 0 spiro atoms. The van der Waals surface area contributed by atoms with E-state index in [4.69, 9.17) is 4.42 Å². The van der Waals surface area contributed by atoms with Crippen molar-refractivity contribution in [2.45, 2.75) is 16.5 Å². The number of carbonyl (C=O) groups excluding carboxylic acids is 1. The zero-order valence-electron chi connectivity index (χ0n) is 14.5. The van der Waals surface area contributed by atoms with Crippen LogP contribution in [0.25, 0.3) is 0 Å². The first-order chi connectivity index (χ1) is 12.9. The van der Waals surface area contributed by atoms with E-state index in [9.17, 15) is 13.2 Å². The number of sulfone groups is 1. The summed E-state index contributed by atoms with van der Waals surface area (Å²) in [5.41, 5.74) is 1.30. The number of anilines is 1. The zero-order valence-corrected chi connectivity index (χ0v) is 16.1. The third-order valence-electron chi connectivity index (χ3n) is 3.53. The van der Waals surface area contributed by atoms with Crippen LogP contribution in [0.3, 0.4) is 0 Å². The Morgan fingerprint density at radius 3 is 2.52 bits per heavy atom. The first kappa shape index (κ1) is 19.1. The van der Waals surface area contributed by atoms with Gasteiger partial charge in [-0.2, -0.15) is 0 Å². The van der Waals surface area contributed by atoms with Crippen LogP contribution in [0.15, 0.2) is 69.1 Å². The molecule has 1 aromatic heterocycles. The largest absolute Gasteiger partial charge is 0.416 e. The fourth-order valence-electron chi connectivity index (χ4n) is 2.35. The molecule has 0 radical (unpaired) electrons. The van der Waals surface area contributed by atoms with Crippen LogP contribution in [0.5, 0.6) is 0 Å². The molecule has 7 nitrogen and oxygen atoms in total. The zero-order chi connectivity index (χ0) is 19.3. The van der Waals surface area contributed by atoms with E-state index in [2.05, 4.69) is 15.5 Å². The van der Waals surface area contributed by atoms with E-state index in [0.717, 1.165) is 23.6 Å². The van der Waals surface area contributed by atoms with Crippen molar-refractivity contribution in [1.29, 1.82) is 0 Å². The van der Waals surface area contributed by atoms with Crippen molar-refractivity contribution in [3.05, 3.63) is 66.1 Å². The molecular weight excluding hydrogens is 386 g/mol. The molecule has 0 saturated carbocycles. The summed E-state index contributed by atoms with van der Waals surface area (Å²) in [4.78, 5) is 12.2. The third kappa shape index (κ3) is 5.41. The van der Waals surface area contributed by atoms with Gasteiger partial charge in [-0.1, -0.05) is 54.2 Å². The van der Waals surface area contributed by atoms with E-state index < -0.39 is 9.84 Å². The van der Waals surface area contributed by atoms with Gasteiger partial charge in [0.15, 0.2) is 9.84 Å². The molecule has 0 saturated heterocycles. The lowest BCUT2D eigenvalue weighted by molar-refractivity contribution is -0.113. The highest BCUT2D eigenvalue weighted by Crippen LogP contribution is 2.22. The van der Waals surface area contributed by atoms with Crippen LogP contribution in [0.2, 0.25) is 0 Å². The fourth-order valence-corrected chi connectivity index (χ4v) is 3.77. The molecule has 0 aliphatic rings. The predicted octanol–water partition coefficient (Wildman–Crippen LogP) is 2.79. The van der Waals surface area contributed by atoms with Crippen LogP contribution in [-0.4, -0.2) is 36.5 Å². The Morgan fingerprint density at radius 2 is 1.78 bits per heavy atom. The number of aromatic nitrogens is 2. The van der Waals surface area contributed by atoms with Gasteiger partial charge in [-0.25, -0.2) is 8.42 Å². The molecule has 0 unspecified atom stereocenters. The summed E-state index contributed by atoms with van der Waals surface area (Å²) in [6.45, 7) is 0. The maximum atomic E-state index is 12.1. The standard InChI is InChI=1S/C18H17N3O4S2/c1-27(23,24)15-10-6-5-9-14(15)19-16(22)12-26-18-21-20-17(25-18)11-13-7-3-2-4-8-13/h2-10H,11-12H2,1H3,(H,19,22). The third-order valence-corrected chi connectivity index (χ3v) is 5.51. The lowest BCUT2D eigenvalue weighted by atomic mass is 10.2. The minimum atomic E-state index is -3.44. The Bertz CT molecular complexity index is 1030. The van der Waals surface area contributed by atoms with Crippen LogP contribution in [-0.2, 0) is 21.1 Å². The van der Waals surface area contributed by atoms with Gasteiger partial charge in [0, 0.05) is 6.26 Å². The van der Waals surface area contributed by atoms with Gasteiger partial charge in [0.25, 0.3) is 5.22 Å². The highest BCUT2D eigenvalue weighted by atomic mass is 32.2. The topological polar surface area (TPSA) is 102 Å². The second kappa shape index (κ2) is 8.36. The van der Waals surface area contributed by atoms with Crippen molar-refractivity contribution in [2.75, 3.05) is 17.3 Å². The minimum absolute atomic E-state index is 0.0189. The summed E-state index contributed by atoms with van der Waals surface area (Å²) < 4.78 is 29.1. The van der Waals surface area contributed by atoms with Crippen molar-refractivity contribution in [1.82, 2.24) is 10.2 Å². The molecule has 0 bridgehead atoms. The number of nitrogens with zero attached hydrogens (tertiary/aromatic N) is 2. The van der Waals surface area contributed by atoms with Gasteiger partial charge in [-0.05, 0) is 17.7 Å². The van der Waals surface area contributed by atoms with E-state index in [0.29, 0.717) is 12.3 Å². The number of rotatable bonds is 7. The van der Waals surface area contributed by atoms with Crippen LogP contribution in [0.1, 0.15) is 11.5 Å². The molecule has 1 amide bonds. The van der Waals surface area contributed by atoms with Crippen LogP contribution >= 0.6 is 11.8 Å². The predicted molar refractivity (Wildman–Crippen MR) is 102 cm³/mol. The second-order valence-electron chi connectivity index (χ2n) is 5.73. The van der Waals surface area contributed by atoms with E-state index in [-0.39, 0.29) is 27.5 Å². The normalized spacial score (nSPS) is 11.3. The Balaban J connectivity index is 1.58. The lowest BCUT2D eigenvalue weighted by Gasteiger charge is -2.08. The molecule has 27 heavy (non-hydrogen) atoms. The molecule has 1 N–H and O–H groups in total. The van der Waals surface area contributed by atoms with E-state index in [1.54, 1.807) is 18.2 Å². The summed E-state index contributed by atoms with van der Waals surface area (Å²) in [5.74, 6) is 0.121. The van der Waals surface area contributed by atoms with Crippen molar-refractivity contribution in [3.8, 4) is 0 Å². The number of amides is 1. The first-order valence-electron chi connectivity index (χ1n) is 8.00. The fraction of sp³-hybridized carbons (Fsp3) is 0.167. The van der Waals surface area contributed by atoms with Gasteiger partial charge < -0.3 is 9.73 Å². The summed E-state index contributed by atoms with van der Waals surface area (Å²) in [6, 6.07) is 16.0. The summed E-state index contributed by atoms with van der Waals surface area (Å²) in [7, 11) is -3.44. The number of benzene rings is 2. The SMILES string of the molecule is CS(=O)(=O)c1ccccc1NC(=O)CSc1nnc(Cc2ccccc2)o1. The summed E-state index contributed by atoms with van der Waals surface area (Å²) in [5, 5.41) is 10.8. The maximum Gasteiger partial charge on any atom is 0.277 e. The monoisotopic (exact) mass is 403 g/mol. The number of hydrogen-bond donors (Lipinski definition) is 1. The average molecular weight is 403 g/mol. The molecular formula is C18H17N3O4S2. The van der Waals surface area contributed by atoms with Gasteiger partial charge >= 0.3 is 0 Å².